The number of amides is 1. The lowest BCUT2D eigenvalue weighted by molar-refractivity contribution is -0.132. The van der Waals surface area contributed by atoms with Gasteiger partial charge in [0.1, 0.15) is 5.82 Å². The van der Waals surface area contributed by atoms with Gasteiger partial charge in [0, 0.05) is 13.6 Å². The summed E-state index contributed by atoms with van der Waals surface area (Å²) in [4.78, 5) is 19.0. The molecule has 1 aromatic rings. The lowest BCUT2D eigenvalue weighted by Crippen LogP contribution is -2.42. The highest BCUT2D eigenvalue weighted by Gasteiger charge is 2.22. The van der Waals surface area contributed by atoms with Gasteiger partial charge in [-0.15, -0.1) is 0 Å². The van der Waals surface area contributed by atoms with Gasteiger partial charge in [0.15, 0.2) is 0 Å². The summed E-state index contributed by atoms with van der Waals surface area (Å²) in [6, 6.07) is 6.36. The second-order valence-corrected chi connectivity index (χ2v) is 7.76. The van der Waals surface area contributed by atoms with Crippen LogP contribution in [0, 0.1) is 11.7 Å². The van der Waals surface area contributed by atoms with Crippen LogP contribution in [0.4, 0.5) is 4.39 Å². The quantitative estimate of drug-likeness (QED) is 0.623. The third-order valence-corrected chi connectivity index (χ3v) is 5.81. The Morgan fingerprint density at radius 3 is 2.37 bits per heavy atom. The Balaban J connectivity index is 1.65. The van der Waals surface area contributed by atoms with Crippen LogP contribution >= 0.6 is 0 Å². The van der Waals surface area contributed by atoms with Crippen molar-refractivity contribution in [2.45, 2.75) is 46.1 Å². The maximum atomic E-state index is 13.0. The van der Waals surface area contributed by atoms with Crippen LogP contribution in [0.3, 0.4) is 0 Å². The van der Waals surface area contributed by atoms with Crippen molar-refractivity contribution in [3.8, 4) is 0 Å². The molecule has 27 heavy (non-hydrogen) atoms. The standard InChI is InChI=1S/C22H36FN3O/c1-4-25(5-2)14-6-7-19-12-15-26(16-13-19)18-22(27)24(3)17-20-8-10-21(23)11-9-20/h8-11,19H,4-7,12-18H2,1-3H3. The van der Waals surface area contributed by atoms with Crippen molar-refractivity contribution in [2.75, 3.05) is 46.3 Å². The summed E-state index contributed by atoms with van der Waals surface area (Å²) in [5.74, 6) is 0.705. The van der Waals surface area contributed by atoms with E-state index in [4.69, 9.17) is 0 Å². The Labute approximate surface area is 164 Å². The molecule has 2 rings (SSSR count). The van der Waals surface area contributed by atoms with E-state index in [2.05, 4.69) is 23.6 Å². The maximum absolute atomic E-state index is 13.0. The van der Waals surface area contributed by atoms with Gasteiger partial charge in [-0.05, 0) is 82.0 Å². The molecule has 0 aliphatic carbocycles. The second kappa shape index (κ2) is 11.4. The van der Waals surface area contributed by atoms with Crippen molar-refractivity contribution in [3.05, 3.63) is 35.6 Å². The fraction of sp³-hybridized carbons (Fsp3) is 0.682. The number of nitrogens with zero attached hydrogens (tertiary/aromatic N) is 3. The molecule has 0 radical (unpaired) electrons. The molecule has 4 nitrogen and oxygen atoms in total. The molecule has 0 N–H and O–H groups in total. The monoisotopic (exact) mass is 377 g/mol. The molecule has 5 heteroatoms. The summed E-state index contributed by atoms with van der Waals surface area (Å²) in [5, 5.41) is 0. The lowest BCUT2D eigenvalue weighted by Gasteiger charge is -2.33. The molecule has 0 spiro atoms. The van der Waals surface area contributed by atoms with Crippen molar-refractivity contribution in [2.24, 2.45) is 5.92 Å². The topological polar surface area (TPSA) is 26.8 Å². The Kier molecular flexibility index (Phi) is 9.22. The molecule has 0 saturated carbocycles. The Hall–Kier alpha value is -1.46. The fourth-order valence-corrected chi connectivity index (χ4v) is 3.84. The number of hydrogen-bond donors (Lipinski definition) is 0. The van der Waals surface area contributed by atoms with Gasteiger partial charge >= 0.3 is 0 Å². The number of halogens is 1. The normalized spacial score (nSPS) is 16.0. The SMILES string of the molecule is CCN(CC)CCCC1CCN(CC(=O)N(C)Cc2ccc(F)cc2)CC1. The van der Waals surface area contributed by atoms with Gasteiger partial charge in [0.25, 0.3) is 0 Å². The van der Waals surface area contributed by atoms with E-state index in [1.807, 2.05) is 7.05 Å². The first-order valence-corrected chi connectivity index (χ1v) is 10.4. The average molecular weight is 378 g/mol. The number of piperidine rings is 1. The van der Waals surface area contributed by atoms with Crippen LogP contribution in [-0.4, -0.2) is 66.9 Å². The van der Waals surface area contributed by atoms with E-state index >= 15 is 0 Å². The summed E-state index contributed by atoms with van der Waals surface area (Å²) < 4.78 is 13.0. The zero-order valence-corrected chi connectivity index (χ0v) is 17.3. The van der Waals surface area contributed by atoms with Crippen molar-refractivity contribution in [1.29, 1.82) is 0 Å². The summed E-state index contributed by atoms with van der Waals surface area (Å²) in [6.07, 6.45) is 4.99. The molecule has 0 atom stereocenters. The number of likely N-dealkylation sites (tertiary alicyclic amines) is 1. The first-order chi connectivity index (χ1) is 13.0. The van der Waals surface area contributed by atoms with E-state index < -0.39 is 0 Å². The lowest BCUT2D eigenvalue weighted by atomic mass is 9.92. The largest absolute Gasteiger partial charge is 0.340 e. The van der Waals surface area contributed by atoms with Crippen LogP contribution < -0.4 is 0 Å². The minimum absolute atomic E-state index is 0.138. The molecule has 152 valence electrons. The average Bonchev–Trinajstić information content (AvgIpc) is 2.68. The number of rotatable bonds is 10. The van der Waals surface area contributed by atoms with E-state index in [0.717, 1.165) is 37.7 Å². The molecule has 0 bridgehead atoms. The van der Waals surface area contributed by atoms with Crippen molar-refractivity contribution in [1.82, 2.24) is 14.7 Å². The zero-order valence-electron chi connectivity index (χ0n) is 17.3. The van der Waals surface area contributed by atoms with Crippen LogP contribution in [0.15, 0.2) is 24.3 Å². The highest BCUT2D eigenvalue weighted by Crippen LogP contribution is 2.22. The predicted octanol–water partition coefficient (Wildman–Crippen LogP) is 3.62. The number of likely N-dealkylation sites (N-methyl/N-ethyl adjacent to an activating group) is 1. The van der Waals surface area contributed by atoms with Gasteiger partial charge < -0.3 is 9.80 Å². The van der Waals surface area contributed by atoms with Gasteiger partial charge in [0.05, 0.1) is 6.54 Å². The maximum Gasteiger partial charge on any atom is 0.236 e. The van der Waals surface area contributed by atoms with Gasteiger partial charge in [-0.3, -0.25) is 9.69 Å². The van der Waals surface area contributed by atoms with Gasteiger partial charge in [-0.25, -0.2) is 4.39 Å². The third-order valence-electron chi connectivity index (χ3n) is 5.81. The fourth-order valence-electron chi connectivity index (χ4n) is 3.84. The third kappa shape index (κ3) is 7.59. The summed E-state index contributed by atoms with van der Waals surface area (Å²) in [6.45, 7) is 11.0. The molecule has 0 unspecified atom stereocenters. The van der Waals surface area contributed by atoms with Crippen molar-refractivity contribution < 1.29 is 9.18 Å². The summed E-state index contributed by atoms with van der Waals surface area (Å²) in [7, 11) is 1.83. The molecule has 1 saturated heterocycles. The van der Waals surface area contributed by atoms with Crippen LogP contribution in [-0.2, 0) is 11.3 Å². The number of benzene rings is 1. The molecular weight excluding hydrogens is 341 g/mol. The van der Waals surface area contributed by atoms with Crippen molar-refractivity contribution >= 4 is 5.91 Å². The molecule has 1 aliphatic rings. The highest BCUT2D eigenvalue weighted by molar-refractivity contribution is 5.78. The van der Waals surface area contributed by atoms with Crippen LogP contribution in [0.2, 0.25) is 0 Å². The van der Waals surface area contributed by atoms with E-state index in [9.17, 15) is 9.18 Å². The van der Waals surface area contributed by atoms with Gasteiger partial charge in [-0.1, -0.05) is 26.0 Å². The molecular formula is C22H36FN3O. The molecule has 1 aromatic carbocycles. The summed E-state index contributed by atoms with van der Waals surface area (Å²) >= 11 is 0. The highest BCUT2D eigenvalue weighted by atomic mass is 19.1. The first kappa shape index (κ1) is 21.8. The number of hydrogen-bond acceptors (Lipinski definition) is 3. The van der Waals surface area contributed by atoms with E-state index in [1.54, 1.807) is 17.0 Å². The zero-order chi connectivity index (χ0) is 19.6. The minimum Gasteiger partial charge on any atom is -0.340 e. The molecule has 1 amide bonds. The van der Waals surface area contributed by atoms with Crippen molar-refractivity contribution in [3.63, 3.8) is 0 Å². The van der Waals surface area contributed by atoms with Crippen LogP contribution in [0.1, 0.15) is 45.1 Å². The molecule has 1 heterocycles. The first-order valence-electron chi connectivity index (χ1n) is 10.4. The second-order valence-electron chi connectivity index (χ2n) is 7.76. The van der Waals surface area contributed by atoms with E-state index in [-0.39, 0.29) is 11.7 Å². The summed E-state index contributed by atoms with van der Waals surface area (Å²) in [5.41, 5.74) is 0.958. The predicted molar refractivity (Wildman–Crippen MR) is 109 cm³/mol. The Morgan fingerprint density at radius 2 is 1.78 bits per heavy atom. The van der Waals surface area contributed by atoms with Gasteiger partial charge in [-0.2, -0.15) is 0 Å². The Morgan fingerprint density at radius 1 is 1.15 bits per heavy atom. The van der Waals surface area contributed by atoms with Gasteiger partial charge in [0.2, 0.25) is 5.91 Å². The smallest absolute Gasteiger partial charge is 0.236 e. The Bertz CT molecular complexity index is 551. The number of carbonyl (C=O) groups is 1. The minimum atomic E-state index is -0.243. The van der Waals surface area contributed by atoms with Crippen LogP contribution in [0.5, 0.6) is 0 Å². The van der Waals surface area contributed by atoms with E-state index in [1.165, 1.54) is 44.4 Å². The van der Waals surface area contributed by atoms with E-state index in [0.29, 0.717) is 13.1 Å². The molecule has 0 aromatic heterocycles. The number of carbonyl (C=O) groups excluding carboxylic acids is 1. The molecule has 1 fully saturated rings. The molecule has 1 aliphatic heterocycles. The van der Waals surface area contributed by atoms with Crippen LogP contribution in [0.25, 0.3) is 0 Å².